The molecule has 0 unspecified atom stereocenters. The second kappa shape index (κ2) is 8.58. The fraction of sp³-hybridized carbons (Fsp3) is 0.263. The Morgan fingerprint density at radius 3 is 2.42 bits per heavy atom. The smallest absolute Gasteiger partial charge is 0.244 e. The highest BCUT2D eigenvalue weighted by molar-refractivity contribution is 6.31. The van der Waals surface area contributed by atoms with Crippen molar-refractivity contribution in [3.8, 4) is 11.5 Å². The van der Waals surface area contributed by atoms with Crippen molar-refractivity contribution in [2.45, 2.75) is 13.8 Å². The van der Waals surface area contributed by atoms with Crippen LogP contribution in [0.1, 0.15) is 12.5 Å². The van der Waals surface area contributed by atoms with Gasteiger partial charge in [-0.2, -0.15) is 0 Å². The van der Waals surface area contributed by atoms with Gasteiger partial charge in [-0.1, -0.05) is 17.7 Å². The highest BCUT2D eigenvalue weighted by Gasteiger charge is 2.18. The Morgan fingerprint density at radius 1 is 1.12 bits per heavy atom. The van der Waals surface area contributed by atoms with Gasteiger partial charge in [-0.05, 0) is 36.8 Å². The molecule has 0 fully saturated rings. The van der Waals surface area contributed by atoms with Gasteiger partial charge in [-0.15, -0.1) is 0 Å². The second-order valence-corrected chi connectivity index (χ2v) is 6.06. The zero-order chi connectivity index (χ0) is 19.3. The van der Waals surface area contributed by atoms with Crippen LogP contribution >= 0.6 is 11.6 Å². The van der Waals surface area contributed by atoms with E-state index in [2.05, 4.69) is 5.32 Å². The summed E-state index contributed by atoms with van der Waals surface area (Å²) >= 11 is 6.13. The molecule has 0 bridgehead atoms. The average Bonchev–Trinajstić information content (AvgIpc) is 2.62. The van der Waals surface area contributed by atoms with Crippen LogP contribution in [0.2, 0.25) is 5.02 Å². The predicted octanol–water partition coefficient (Wildman–Crippen LogP) is 3.66. The second-order valence-electron chi connectivity index (χ2n) is 5.65. The largest absolute Gasteiger partial charge is 0.497 e. The van der Waals surface area contributed by atoms with Crippen LogP contribution in [-0.2, 0) is 9.59 Å². The van der Waals surface area contributed by atoms with Gasteiger partial charge in [0.1, 0.15) is 18.0 Å². The lowest BCUT2D eigenvalue weighted by atomic mass is 10.2. The van der Waals surface area contributed by atoms with Crippen LogP contribution in [0.15, 0.2) is 36.4 Å². The van der Waals surface area contributed by atoms with Crippen molar-refractivity contribution in [3.05, 3.63) is 47.0 Å². The summed E-state index contributed by atoms with van der Waals surface area (Å²) in [5, 5.41) is 3.28. The molecule has 2 aromatic rings. The first-order valence-corrected chi connectivity index (χ1v) is 8.29. The van der Waals surface area contributed by atoms with Crippen LogP contribution in [0.3, 0.4) is 0 Å². The molecule has 0 saturated carbocycles. The molecule has 0 aromatic heterocycles. The molecule has 0 aliphatic carbocycles. The Kier molecular flexibility index (Phi) is 6.46. The van der Waals surface area contributed by atoms with Gasteiger partial charge in [0.25, 0.3) is 0 Å². The average molecular weight is 377 g/mol. The number of ether oxygens (including phenoxy) is 2. The van der Waals surface area contributed by atoms with Crippen molar-refractivity contribution in [2.24, 2.45) is 0 Å². The molecular weight excluding hydrogens is 356 g/mol. The van der Waals surface area contributed by atoms with Crippen molar-refractivity contribution in [3.63, 3.8) is 0 Å². The number of anilines is 2. The van der Waals surface area contributed by atoms with E-state index < -0.39 is 0 Å². The first kappa shape index (κ1) is 19.6. The van der Waals surface area contributed by atoms with E-state index in [-0.39, 0.29) is 18.4 Å². The van der Waals surface area contributed by atoms with Crippen LogP contribution in [-0.4, -0.2) is 32.6 Å². The van der Waals surface area contributed by atoms with E-state index in [0.717, 1.165) is 5.56 Å². The number of aryl methyl sites for hydroxylation is 1. The number of nitrogens with zero attached hydrogens (tertiary/aromatic N) is 1. The molecule has 0 aliphatic heterocycles. The monoisotopic (exact) mass is 376 g/mol. The predicted molar refractivity (Wildman–Crippen MR) is 102 cm³/mol. The summed E-state index contributed by atoms with van der Waals surface area (Å²) in [7, 11) is 3.05. The van der Waals surface area contributed by atoms with Crippen molar-refractivity contribution in [1.29, 1.82) is 0 Å². The molecule has 138 valence electrons. The third-order valence-corrected chi connectivity index (χ3v) is 4.24. The number of hydrogen-bond acceptors (Lipinski definition) is 4. The summed E-state index contributed by atoms with van der Waals surface area (Å²) in [4.78, 5) is 25.8. The van der Waals surface area contributed by atoms with Gasteiger partial charge in [0.2, 0.25) is 11.8 Å². The number of carbonyl (C=O) groups excluding carboxylic acids is 2. The van der Waals surface area contributed by atoms with Crippen LogP contribution in [0.4, 0.5) is 11.4 Å². The summed E-state index contributed by atoms with van der Waals surface area (Å²) in [5.74, 6) is 0.451. The molecule has 2 amide bonds. The summed E-state index contributed by atoms with van der Waals surface area (Å²) in [6, 6.07) is 10.3. The molecule has 0 aliphatic rings. The Hall–Kier alpha value is -2.73. The normalized spacial score (nSPS) is 10.2. The third kappa shape index (κ3) is 4.67. The molecule has 0 atom stereocenters. The fourth-order valence-electron chi connectivity index (χ4n) is 2.37. The van der Waals surface area contributed by atoms with Crippen LogP contribution < -0.4 is 19.7 Å². The number of nitrogens with one attached hydrogen (secondary N) is 1. The Balaban J connectivity index is 2.18. The van der Waals surface area contributed by atoms with E-state index in [9.17, 15) is 9.59 Å². The number of methoxy groups -OCH3 is 2. The minimum atomic E-state index is -0.361. The molecule has 0 heterocycles. The maximum atomic E-state index is 12.5. The zero-order valence-corrected chi connectivity index (χ0v) is 15.9. The first-order valence-electron chi connectivity index (χ1n) is 7.92. The zero-order valence-electron chi connectivity index (χ0n) is 15.1. The lowest BCUT2D eigenvalue weighted by Crippen LogP contribution is -2.36. The summed E-state index contributed by atoms with van der Waals surface area (Å²) < 4.78 is 10.4. The number of benzene rings is 2. The number of rotatable bonds is 6. The molecule has 2 aromatic carbocycles. The summed E-state index contributed by atoms with van der Waals surface area (Å²) in [6.07, 6.45) is 0. The topological polar surface area (TPSA) is 67.9 Å². The van der Waals surface area contributed by atoms with Gasteiger partial charge in [0.05, 0.1) is 19.9 Å². The van der Waals surface area contributed by atoms with Gasteiger partial charge in [-0.25, -0.2) is 0 Å². The van der Waals surface area contributed by atoms with Crippen LogP contribution in [0.25, 0.3) is 0 Å². The molecule has 6 nitrogen and oxygen atoms in total. The van der Waals surface area contributed by atoms with Crippen molar-refractivity contribution in [2.75, 3.05) is 31.0 Å². The minimum Gasteiger partial charge on any atom is -0.497 e. The quantitative estimate of drug-likeness (QED) is 0.835. The first-order chi connectivity index (χ1) is 12.3. The standard InChI is InChI=1S/C19H21ClN2O4/c1-12-5-6-14(9-16(12)20)22(13(2)23)11-19(24)21-17-8-7-15(25-3)10-18(17)26-4/h5-10H,11H2,1-4H3,(H,21,24). The molecule has 0 radical (unpaired) electrons. The van der Waals surface area contributed by atoms with Gasteiger partial charge in [0, 0.05) is 23.7 Å². The highest BCUT2D eigenvalue weighted by atomic mass is 35.5. The molecule has 2 rings (SSSR count). The Bertz CT molecular complexity index is 823. The lowest BCUT2D eigenvalue weighted by Gasteiger charge is -2.21. The molecule has 7 heteroatoms. The van der Waals surface area contributed by atoms with E-state index in [4.69, 9.17) is 21.1 Å². The molecule has 1 N–H and O–H groups in total. The Labute approximate surface area is 157 Å². The van der Waals surface area contributed by atoms with E-state index in [1.165, 1.54) is 18.9 Å². The SMILES string of the molecule is COc1ccc(NC(=O)CN(C(C)=O)c2ccc(C)c(Cl)c2)c(OC)c1. The number of halogens is 1. The number of hydrogen-bond donors (Lipinski definition) is 1. The van der Waals surface area contributed by atoms with Gasteiger partial charge in [0.15, 0.2) is 0 Å². The van der Waals surface area contributed by atoms with E-state index in [1.54, 1.807) is 43.5 Å². The maximum absolute atomic E-state index is 12.5. The van der Waals surface area contributed by atoms with Gasteiger partial charge >= 0.3 is 0 Å². The molecular formula is C19H21ClN2O4. The molecule has 0 spiro atoms. The minimum absolute atomic E-state index is 0.149. The number of carbonyl (C=O) groups is 2. The molecule has 0 saturated heterocycles. The summed E-state index contributed by atoms with van der Waals surface area (Å²) in [6.45, 7) is 3.12. The van der Waals surface area contributed by atoms with Crippen molar-refractivity contribution >= 4 is 34.8 Å². The lowest BCUT2D eigenvalue weighted by molar-refractivity contribution is -0.120. The van der Waals surface area contributed by atoms with Gasteiger partial charge in [-0.3, -0.25) is 9.59 Å². The van der Waals surface area contributed by atoms with E-state index in [0.29, 0.717) is 27.9 Å². The molecule has 26 heavy (non-hydrogen) atoms. The Morgan fingerprint density at radius 2 is 1.85 bits per heavy atom. The highest BCUT2D eigenvalue weighted by Crippen LogP contribution is 2.29. The number of amides is 2. The van der Waals surface area contributed by atoms with Crippen molar-refractivity contribution in [1.82, 2.24) is 0 Å². The van der Waals surface area contributed by atoms with Crippen LogP contribution in [0, 0.1) is 6.92 Å². The van der Waals surface area contributed by atoms with Gasteiger partial charge < -0.3 is 19.7 Å². The summed E-state index contributed by atoms with van der Waals surface area (Å²) in [5.41, 5.74) is 1.94. The van der Waals surface area contributed by atoms with E-state index in [1.807, 2.05) is 6.92 Å². The van der Waals surface area contributed by atoms with Crippen molar-refractivity contribution < 1.29 is 19.1 Å². The fourth-order valence-corrected chi connectivity index (χ4v) is 2.54. The van der Waals surface area contributed by atoms with Crippen LogP contribution in [0.5, 0.6) is 11.5 Å². The maximum Gasteiger partial charge on any atom is 0.244 e. The van der Waals surface area contributed by atoms with E-state index >= 15 is 0 Å². The third-order valence-electron chi connectivity index (χ3n) is 3.83.